The molecule has 1 N–H and O–H groups in total. The minimum Gasteiger partial charge on any atom is -0.479 e. The van der Waals surface area contributed by atoms with Crippen LogP contribution < -0.4 is 0 Å². The van der Waals surface area contributed by atoms with E-state index in [9.17, 15) is 4.79 Å². The molecule has 1 heterocycles. The van der Waals surface area contributed by atoms with Gasteiger partial charge in [-0.2, -0.15) is 0 Å². The topological polar surface area (TPSA) is 46.5 Å². The molecule has 0 bridgehead atoms. The SMILES string of the molecule is C=C[C@@H]1CCO[C@H]1C(=O)O. The third-order valence-corrected chi connectivity index (χ3v) is 1.68. The molecule has 2 atom stereocenters. The Balaban J connectivity index is 2.58. The molecule has 0 aromatic carbocycles. The normalized spacial score (nSPS) is 32.0. The van der Waals surface area contributed by atoms with Crippen LogP contribution in [-0.4, -0.2) is 23.8 Å². The van der Waals surface area contributed by atoms with Gasteiger partial charge >= 0.3 is 5.97 Å². The van der Waals surface area contributed by atoms with Gasteiger partial charge in [0.1, 0.15) is 0 Å². The molecule has 0 aromatic rings. The van der Waals surface area contributed by atoms with Crippen LogP contribution in [0.2, 0.25) is 0 Å². The molecule has 56 valence electrons. The van der Waals surface area contributed by atoms with E-state index in [0.29, 0.717) is 6.61 Å². The number of aliphatic carboxylic acids is 1. The van der Waals surface area contributed by atoms with Gasteiger partial charge in [-0.15, -0.1) is 6.58 Å². The number of rotatable bonds is 2. The quantitative estimate of drug-likeness (QED) is 0.576. The molecule has 0 aromatic heterocycles. The van der Waals surface area contributed by atoms with E-state index >= 15 is 0 Å². The van der Waals surface area contributed by atoms with Gasteiger partial charge in [0, 0.05) is 12.5 Å². The predicted molar refractivity (Wildman–Crippen MR) is 35.7 cm³/mol. The second-order valence-electron chi connectivity index (χ2n) is 2.32. The maximum atomic E-state index is 10.4. The summed E-state index contributed by atoms with van der Waals surface area (Å²) in [6.07, 6.45) is 1.77. The number of ether oxygens (including phenoxy) is 1. The Labute approximate surface area is 59.3 Å². The molecule has 0 spiro atoms. The van der Waals surface area contributed by atoms with Crippen molar-refractivity contribution in [3.63, 3.8) is 0 Å². The highest BCUT2D eigenvalue weighted by molar-refractivity contribution is 5.73. The van der Waals surface area contributed by atoms with E-state index in [-0.39, 0.29) is 5.92 Å². The van der Waals surface area contributed by atoms with Gasteiger partial charge in [0.15, 0.2) is 6.10 Å². The lowest BCUT2D eigenvalue weighted by Gasteiger charge is -2.07. The zero-order valence-electron chi connectivity index (χ0n) is 5.62. The summed E-state index contributed by atoms with van der Waals surface area (Å²) < 4.78 is 4.95. The van der Waals surface area contributed by atoms with Crippen molar-refractivity contribution in [2.45, 2.75) is 12.5 Å². The molecule has 1 fully saturated rings. The maximum Gasteiger partial charge on any atom is 0.333 e. The summed E-state index contributed by atoms with van der Waals surface area (Å²) in [5.74, 6) is -0.889. The van der Waals surface area contributed by atoms with Crippen molar-refractivity contribution in [1.82, 2.24) is 0 Å². The second kappa shape index (κ2) is 2.84. The van der Waals surface area contributed by atoms with E-state index in [0.717, 1.165) is 6.42 Å². The second-order valence-corrected chi connectivity index (χ2v) is 2.32. The molecule has 0 unspecified atom stereocenters. The highest BCUT2D eigenvalue weighted by Gasteiger charge is 2.31. The average Bonchev–Trinajstić information content (AvgIpc) is 2.33. The number of carboxylic acid groups (broad SMARTS) is 1. The number of hydrogen-bond acceptors (Lipinski definition) is 2. The van der Waals surface area contributed by atoms with Crippen molar-refractivity contribution in [3.05, 3.63) is 12.7 Å². The van der Waals surface area contributed by atoms with E-state index in [2.05, 4.69) is 6.58 Å². The van der Waals surface area contributed by atoms with Crippen molar-refractivity contribution < 1.29 is 14.6 Å². The number of hydrogen-bond donors (Lipinski definition) is 1. The van der Waals surface area contributed by atoms with Crippen LogP contribution >= 0.6 is 0 Å². The van der Waals surface area contributed by atoms with E-state index in [1.165, 1.54) is 0 Å². The minimum absolute atomic E-state index is 0.00231. The largest absolute Gasteiger partial charge is 0.479 e. The Kier molecular flexibility index (Phi) is 2.06. The fourth-order valence-electron chi connectivity index (χ4n) is 1.10. The number of carboxylic acids is 1. The Morgan fingerprint density at radius 2 is 2.50 bits per heavy atom. The van der Waals surface area contributed by atoms with Crippen LogP contribution in [0.1, 0.15) is 6.42 Å². The molecular formula is C7H10O3. The summed E-state index contributed by atoms with van der Waals surface area (Å²) in [7, 11) is 0. The number of carbonyl (C=O) groups is 1. The van der Waals surface area contributed by atoms with Crippen LogP contribution in [0, 0.1) is 5.92 Å². The Morgan fingerprint density at radius 3 is 2.90 bits per heavy atom. The van der Waals surface area contributed by atoms with Crippen LogP contribution in [-0.2, 0) is 9.53 Å². The van der Waals surface area contributed by atoms with Gasteiger partial charge in [-0.3, -0.25) is 0 Å². The summed E-state index contributed by atoms with van der Waals surface area (Å²) in [6, 6.07) is 0. The molecule has 0 radical (unpaired) electrons. The van der Waals surface area contributed by atoms with Gasteiger partial charge in [-0.1, -0.05) is 6.08 Å². The molecule has 1 saturated heterocycles. The smallest absolute Gasteiger partial charge is 0.333 e. The molecule has 0 aliphatic carbocycles. The van der Waals surface area contributed by atoms with Crippen molar-refractivity contribution in [1.29, 1.82) is 0 Å². The highest BCUT2D eigenvalue weighted by Crippen LogP contribution is 2.21. The zero-order valence-corrected chi connectivity index (χ0v) is 5.62. The molecule has 1 aliphatic rings. The Morgan fingerprint density at radius 1 is 1.80 bits per heavy atom. The predicted octanol–water partition coefficient (Wildman–Crippen LogP) is 0.662. The molecular weight excluding hydrogens is 132 g/mol. The molecule has 10 heavy (non-hydrogen) atoms. The zero-order chi connectivity index (χ0) is 7.56. The summed E-state index contributed by atoms with van der Waals surface area (Å²) in [4.78, 5) is 10.4. The Hall–Kier alpha value is -0.830. The first-order valence-corrected chi connectivity index (χ1v) is 3.22. The fraction of sp³-hybridized carbons (Fsp3) is 0.571. The van der Waals surface area contributed by atoms with Gasteiger partial charge in [0.05, 0.1) is 0 Å². The molecule has 1 aliphatic heterocycles. The van der Waals surface area contributed by atoms with Crippen molar-refractivity contribution in [2.24, 2.45) is 5.92 Å². The minimum atomic E-state index is -0.887. The molecule has 3 nitrogen and oxygen atoms in total. The van der Waals surface area contributed by atoms with Gasteiger partial charge in [-0.05, 0) is 6.42 Å². The summed E-state index contributed by atoms with van der Waals surface area (Å²) in [5, 5.41) is 8.54. The standard InChI is InChI=1S/C7H10O3/c1-2-5-3-4-10-6(5)7(8)9/h2,5-6H,1,3-4H2,(H,8,9)/t5-,6-/m1/s1. The average molecular weight is 142 g/mol. The first-order chi connectivity index (χ1) is 4.75. The maximum absolute atomic E-state index is 10.4. The van der Waals surface area contributed by atoms with Crippen molar-refractivity contribution in [2.75, 3.05) is 6.61 Å². The lowest BCUT2D eigenvalue weighted by atomic mass is 10.0. The molecule has 1 rings (SSSR count). The van der Waals surface area contributed by atoms with E-state index < -0.39 is 12.1 Å². The van der Waals surface area contributed by atoms with Crippen molar-refractivity contribution in [3.8, 4) is 0 Å². The third kappa shape index (κ3) is 1.19. The van der Waals surface area contributed by atoms with E-state index in [1.807, 2.05) is 0 Å². The molecule has 3 heteroatoms. The molecule has 0 saturated carbocycles. The monoisotopic (exact) mass is 142 g/mol. The van der Waals surface area contributed by atoms with E-state index in [4.69, 9.17) is 9.84 Å². The first-order valence-electron chi connectivity index (χ1n) is 3.22. The lowest BCUT2D eigenvalue weighted by Crippen LogP contribution is -2.24. The Bertz CT molecular complexity index is 153. The highest BCUT2D eigenvalue weighted by atomic mass is 16.5. The summed E-state index contributed by atoms with van der Waals surface area (Å²) >= 11 is 0. The molecule has 0 amide bonds. The van der Waals surface area contributed by atoms with Crippen LogP contribution in [0.5, 0.6) is 0 Å². The van der Waals surface area contributed by atoms with Gasteiger partial charge < -0.3 is 9.84 Å². The van der Waals surface area contributed by atoms with Crippen LogP contribution in [0.3, 0.4) is 0 Å². The van der Waals surface area contributed by atoms with Gasteiger partial charge in [-0.25, -0.2) is 4.79 Å². The van der Waals surface area contributed by atoms with Crippen LogP contribution in [0.4, 0.5) is 0 Å². The van der Waals surface area contributed by atoms with Crippen molar-refractivity contribution >= 4 is 5.97 Å². The van der Waals surface area contributed by atoms with Crippen LogP contribution in [0.15, 0.2) is 12.7 Å². The summed E-state index contributed by atoms with van der Waals surface area (Å²) in [6.45, 7) is 4.07. The fourth-order valence-corrected chi connectivity index (χ4v) is 1.10. The van der Waals surface area contributed by atoms with Gasteiger partial charge in [0.2, 0.25) is 0 Å². The van der Waals surface area contributed by atoms with Crippen LogP contribution in [0.25, 0.3) is 0 Å². The first kappa shape index (κ1) is 7.28. The van der Waals surface area contributed by atoms with Gasteiger partial charge in [0.25, 0.3) is 0 Å². The lowest BCUT2D eigenvalue weighted by molar-refractivity contribution is -0.148. The van der Waals surface area contributed by atoms with E-state index in [1.54, 1.807) is 6.08 Å². The summed E-state index contributed by atoms with van der Waals surface area (Å²) in [5.41, 5.74) is 0. The third-order valence-electron chi connectivity index (χ3n) is 1.68.